The van der Waals surface area contributed by atoms with E-state index in [1.54, 1.807) is 0 Å². The molecule has 0 aliphatic rings. The van der Waals surface area contributed by atoms with Gasteiger partial charge in [-0.25, -0.2) is 15.0 Å². The van der Waals surface area contributed by atoms with Crippen LogP contribution in [0.3, 0.4) is 0 Å². The van der Waals surface area contributed by atoms with E-state index in [1.165, 1.54) is 20.2 Å². The number of fused-ring (bicyclic) bond motifs is 10. The van der Waals surface area contributed by atoms with Gasteiger partial charge in [0, 0.05) is 74.9 Å². The number of nitrogens with zero attached hydrogens (tertiary/aromatic N) is 3. The Labute approximate surface area is 337 Å². The van der Waals surface area contributed by atoms with Crippen molar-refractivity contribution in [1.29, 1.82) is 0 Å². The SMILES string of the molecule is c1ccc(-c2nc(-c3ccc(-c4cccc5c4nc(-c4ccccc4)c4ccc6oc7ccccc7c6c45)cc3)cc(-c3cccc4sc5ccccc5c34)n2)cc1. The molecule has 12 rings (SSSR count). The lowest BCUT2D eigenvalue weighted by Crippen LogP contribution is -1.96. The lowest BCUT2D eigenvalue weighted by molar-refractivity contribution is 0.669. The molecule has 0 bridgehead atoms. The van der Waals surface area contributed by atoms with Crippen LogP contribution in [0.2, 0.25) is 0 Å². The van der Waals surface area contributed by atoms with Crippen molar-refractivity contribution in [2.75, 3.05) is 0 Å². The van der Waals surface area contributed by atoms with Crippen molar-refractivity contribution >= 4 is 75.1 Å². The van der Waals surface area contributed by atoms with Gasteiger partial charge in [-0.15, -0.1) is 11.3 Å². The van der Waals surface area contributed by atoms with Crippen LogP contribution in [0, 0.1) is 0 Å². The molecule has 0 saturated carbocycles. The molecule has 0 fully saturated rings. The number of pyridine rings is 1. The highest BCUT2D eigenvalue weighted by atomic mass is 32.1. The summed E-state index contributed by atoms with van der Waals surface area (Å²) in [6.45, 7) is 0. The lowest BCUT2D eigenvalue weighted by Gasteiger charge is -2.14. The fourth-order valence-corrected chi connectivity index (χ4v) is 9.77. The molecule has 0 aliphatic carbocycles. The van der Waals surface area contributed by atoms with Crippen molar-refractivity contribution in [2.45, 2.75) is 0 Å². The summed E-state index contributed by atoms with van der Waals surface area (Å²) in [5, 5.41) is 8.05. The molecule has 0 unspecified atom stereocenters. The van der Waals surface area contributed by atoms with Gasteiger partial charge >= 0.3 is 0 Å². The number of hydrogen-bond donors (Lipinski definition) is 0. The molecule has 4 aromatic heterocycles. The van der Waals surface area contributed by atoms with Gasteiger partial charge in [-0.05, 0) is 42.0 Å². The second-order valence-electron chi connectivity index (χ2n) is 14.7. The number of furan rings is 1. The van der Waals surface area contributed by atoms with Crippen LogP contribution >= 0.6 is 11.3 Å². The van der Waals surface area contributed by atoms with Crippen molar-refractivity contribution in [1.82, 2.24) is 15.0 Å². The van der Waals surface area contributed by atoms with E-state index in [2.05, 4.69) is 158 Å². The van der Waals surface area contributed by atoms with E-state index in [4.69, 9.17) is 19.4 Å². The largest absolute Gasteiger partial charge is 0.456 e. The van der Waals surface area contributed by atoms with Crippen LogP contribution in [0.5, 0.6) is 0 Å². The maximum absolute atomic E-state index is 6.40. The number of para-hydroxylation sites is 2. The van der Waals surface area contributed by atoms with Crippen molar-refractivity contribution in [2.24, 2.45) is 0 Å². The number of rotatable bonds is 5. The van der Waals surface area contributed by atoms with E-state index in [0.29, 0.717) is 5.82 Å². The quantitative estimate of drug-likeness (QED) is 0.164. The highest BCUT2D eigenvalue weighted by molar-refractivity contribution is 7.25. The Morgan fingerprint density at radius 2 is 1.02 bits per heavy atom. The van der Waals surface area contributed by atoms with E-state index in [1.807, 2.05) is 41.7 Å². The minimum absolute atomic E-state index is 0.699. The monoisotopic (exact) mass is 757 g/mol. The third-order valence-corrected chi connectivity index (χ3v) is 12.4. The minimum atomic E-state index is 0.699. The van der Waals surface area contributed by atoms with Gasteiger partial charge in [0.25, 0.3) is 0 Å². The first-order valence-electron chi connectivity index (χ1n) is 19.4. The van der Waals surface area contributed by atoms with Gasteiger partial charge in [0.2, 0.25) is 0 Å². The van der Waals surface area contributed by atoms with E-state index in [0.717, 1.165) is 94.1 Å². The fraction of sp³-hybridized carbons (Fsp3) is 0. The molecule has 270 valence electrons. The first kappa shape index (κ1) is 32.7. The van der Waals surface area contributed by atoms with Crippen molar-refractivity contribution in [3.8, 4) is 56.3 Å². The van der Waals surface area contributed by atoms with Crippen LogP contribution in [0.15, 0.2) is 192 Å². The number of benzene rings is 8. The zero-order chi connectivity index (χ0) is 38.2. The standard InChI is InChI=1S/C53H31N3OS/c1-3-13-34(14-4-1)51-41-29-30-45-50(38-17-7-9-22-44(38)57-45)49(41)40-21-11-19-36(52(40)56-51)32-25-27-33(28-26-32)42-31-43(55-53(54-42)35-15-5-2-6-16-35)37-20-12-24-47-48(37)39-18-8-10-23-46(39)58-47/h1-31H. The predicted octanol–water partition coefficient (Wildman–Crippen LogP) is 14.8. The molecular formula is C53H31N3OS. The van der Waals surface area contributed by atoms with Gasteiger partial charge in [0.1, 0.15) is 11.2 Å². The Morgan fingerprint density at radius 1 is 0.362 bits per heavy atom. The summed E-state index contributed by atoms with van der Waals surface area (Å²) in [5.74, 6) is 0.699. The summed E-state index contributed by atoms with van der Waals surface area (Å²) >= 11 is 1.82. The minimum Gasteiger partial charge on any atom is -0.456 e. The average molecular weight is 758 g/mol. The third-order valence-electron chi connectivity index (χ3n) is 11.3. The molecule has 5 heteroatoms. The van der Waals surface area contributed by atoms with Gasteiger partial charge < -0.3 is 4.42 Å². The van der Waals surface area contributed by atoms with Crippen molar-refractivity contribution in [3.63, 3.8) is 0 Å². The molecule has 0 saturated heterocycles. The van der Waals surface area contributed by atoms with E-state index in [9.17, 15) is 0 Å². The van der Waals surface area contributed by atoms with Crippen LogP contribution in [0.4, 0.5) is 0 Å². The van der Waals surface area contributed by atoms with E-state index >= 15 is 0 Å². The summed E-state index contributed by atoms with van der Waals surface area (Å²) in [7, 11) is 0. The molecule has 0 N–H and O–H groups in total. The van der Waals surface area contributed by atoms with Crippen LogP contribution in [0.25, 0.3) is 120 Å². The molecule has 58 heavy (non-hydrogen) atoms. The molecule has 12 aromatic rings. The van der Waals surface area contributed by atoms with Gasteiger partial charge in [0.15, 0.2) is 5.82 Å². The summed E-state index contributed by atoms with van der Waals surface area (Å²) in [4.78, 5) is 15.9. The van der Waals surface area contributed by atoms with Crippen LogP contribution in [-0.2, 0) is 0 Å². The summed E-state index contributed by atoms with van der Waals surface area (Å²) < 4.78 is 8.92. The highest BCUT2D eigenvalue weighted by Crippen LogP contribution is 2.44. The van der Waals surface area contributed by atoms with Crippen molar-refractivity contribution < 1.29 is 4.42 Å². The molecule has 0 aliphatic heterocycles. The predicted molar refractivity (Wildman–Crippen MR) is 242 cm³/mol. The number of thiophene rings is 1. The van der Waals surface area contributed by atoms with Crippen molar-refractivity contribution in [3.05, 3.63) is 188 Å². The topological polar surface area (TPSA) is 51.8 Å². The summed E-state index contributed by atoms with van der Waals surface area (Å²) in [6, 6.07) is 65.9. The Kier molecular flexibility index (Phi) is 7.37. The zero-order valence-corrected chi connectivity index (χ0v) is 31.9. The van der Waals surface area contributed by atoms with E-state index < -0.39 is 0 Å². The fourth-order valence-electron chi connectivity index (χ4n) is 8.64. The molecule has 4 nitrogen and oxygen atoms in total. The van der Waals surface area contributed by atoms with Gasteiger partial charge in [-0.3, -0.25) is 0 Å². The first-order chi connectivity index (χ1) is 28.7. The number of hydrogen-bond acceptors (Lipinski definition) is 5. The second-order valence-corrected chi connectivity index (χ2v) is 15.8. The van der Waals surface area contributed by atoms with E-state index in [-0.39, 0.29) is 0 Å². The third kappa shape index (κ3) is 5.18. The Bertz CT molecular complexity index is 3550. The summed E-state index contributed by atoms with van der Waals surface area (Å²) in [5.41, 5.74) is 11.8. The highest BCUT2D eigenvalue weighted by Gasteiger charge is 2.20. The molecule has 0 radical (unpaired) electrons. The van der Waals surface area contributed by atoms with Crippen LogP contribution < -0.4 is 0 Å². The molecule has 0 spiro atoms. The Balaban J connectivity index is 1.05. The Hall–Kier alpha value is -7.47. The van der Waals surface area contributed by atoms with Gasteiger partial charge in [-0.2, -0.15) is 0 Å². The lowest BCUT2D eigenvalue weighted by atomic mass is 9.93. The molecule has 4 heterocycles. The molecule has 0 atom stereocenters. The first-order valence-corrected chi connectivity index (χ1v) is 20.2. The zero-order valence-electron chi connectivity index (χ0n) is 31.1. The van der Waals surface area contributed by atoms with Crippen LogP contribution in [-0.4, -0.2) is 15.0 Å². The number of aromatic nitrogens is 3. The van der Waals surface area contributed by atoms with Gasteiger partial charge in [0.05, 0.1) is 22.6 Å². The maximum Gasteiger partial charge on any atom is 0.160 e. The molecule has 0 amide bonds. The maximum atomic E-state index is 6.40. The Morgan fingerprint density at radius 3 is 1.86 bits per heavy atom. The van der Waals surface area contributed by atoms with Crippen LogP contribution in [0.1, 0.15) is 0 Å². The smallest absolute Gasteiger partial charge is 0.160 e. The average Bonchev–Trinajstić information content (AvgIpc) is 3.88. The normalized spacial score (nSPS) is 11.8. The summed E-state index contributed by atoms with van der Waals surface area (Å²) in [6.07, 6.45) is 0. The second kappa shape index (κ2) is 13.1. The molecule has 8 aromatic carbocycles. The van der Waals surface area contributed by atoms with Gasteiger partial charge in [-0.1, -0.05) is 152 Å². The molecular weight excluding hydrogens is 727 g/mol.